The van der Waals surface area contributed by atoms with E-state index in [4.69, 9.17) is 0 Å². The van der Waals surface area contributed by atoms with Crippen LogP contribution in [0.3, 0.4) is 0 Å². The van der Waals surface area contributed by atoms with E-state index in [1.807, 2.05) is 19.3 Å². The van der Waals surface area contributed by atoms with Crippen LogP contribution in [0, 0.1) is 6.92 Å². The lowest BCUT2D eigenvalue weighted by molar-refractivity contribution is 0.607. The van der Waals surface area contributed by atoms with Crippen LogP contribution in [-0.2, 0) is 10.0 Å². The zero-order valence-corrected chi connectivity index (χ0v) is 9.25. The maximum atomic E-state index is 11.1. The fourth-order valence-electron chi connectivity index (χ4n) is 1.41. The van der Waals surface area contributed by atoms with Crippen molar-refractivity contribution in [2.45, 2.75) is 6.92 Å². The lowest BCUT2D eigenvalue weighted by atomic mass is 10.4. The zero-order chi connectivity index (χ0) is 11.1. The molecule has 0 bridgehead atoms. The number of hydrogen-bond donors (Lipinski definition) is 1. The standard InChI is InChI=1S/C9H11N3O2S/c1-7-6-12-5-3-4-8(9(12)10-7)11-15(2,13)14/h3-6,11H,1-2H3. The van der Waals surface area contributed by atoms with Gasteiger partial charge in [-0.05, 0) is 19.1 Å². The third-order valence-corrected chi connectivity index (χ3v) is 2.49. The number of imidazole rings is 1. The fourth-order valence-corrected chi connectivity index (χ4v) is 1.97. The molecule has 5 nitrogen and oxygen atoms in total. The van der Waals surface area contributed by atoms with Gasteiger partial charge in [-0.15, -0.1) is 0 Å². The van der Waals surface area contributed by atoms with Crippen LogP contribution in [-0.4, -0.2) is 24.1 Å². The number of fused-ring (bicyclic) bond motifs is 1. The van der Waals surface area contributed by atoms with E-state index < -0.39 is 10.0 Å². The van der Waals surface area contributed by atoms with Crippen LogP contribution in [0.5, 0.6) is 0 Å². The minimum atomic E-state index is -3.26. The molecule has 0 radical (unpaired) electrons. The highest BCUT2D eigenvalue weighted by molar-refractivity contribution is 7.92. The van der Waals surface area contributed by atoms with Gasteiger partial charge in [-0.25, -0.2) is 13.4 Å². The first-order valence-electron chi connectivity index (χ1n) is 4.38. The number of sulfonamides is 1. The highest BCUT2D eigenvalue weighted by Crippen LogP contribution is 2.16. The number of hydrogen-bond acceptors (Lipinski definition) is 3. The highest BCUT2D eigenvalue weighted by Gasteiger charge is 2.07. The third kappa shape index (κ3) is 2.10. The smallest absolute Gasteiger partial charge is 0.229 e. The van der Waals surface area contributed by atoms with E-state index in [1.165, 1.54) is 0 Å². The summed E-state index contributed by atoms with van der Waals surface area (Å²) in [5, 5.41) is 0. The second-order valence-corrected chi connectivity index (χ2v) is 5.16. The van der Waals surface area contributed by atoms with Crippen molar-refractivity contribution < 1.29 is 8.42 Å². The van der Waals surface area contributed by atoms with Crippen LogP contribution in [0.2, 0.25) is 0 Å². The SMILES string of the molecule is Cc1cn2cccc(NS(C)(=O)=O)c2n1. The van der Waals surface area contributed by atoms with Crippen LogP contribution in [0.1, 0.15) is 5.69 Å². The molecule has 0 saturated carbocycles. The molecule has 0 amide bonds. The Labute approximate surface area is 87.8 Å². The summed E-state index contributed by atoms with van der Waals surface area (Å²) in [6, 6.07) is 3.45. The molecule has 2 rings (SSSR count). The molecule has 15 heavy (non-hydrogen) atoms. The van der Waals surface area contributed by atoms with Gasteiger partial charge in [0.05, 0.1) is 17.6 Å². The van der Waals surface area contributed by atoms with Gasteiger partial charge < -0.3 is 4.40 Å². The number of aromatic nitrogens is 2. The first kappa shape index (κ1) is 9.97. The third-order valence-electron chi connectivity index (χ3n) is 1.90. The van der Waals surface area contributed by atoms with E-state index in [9.17, 15) is 8.42 Å². The molecule has 0 fully saturated rings. The minimum Gasteiger partial charge on any atom is -0.305 e. The van der Waals surface area contributed by atoms with Crippen molar-refractivity contribution in [2.75, 3.05) is 11.0 Å². The Morgan fingerprint density at radius 3 is 2.87 bits per heavy atom. The largest absolute Gasteiger partial charge is 0.305 e. The molecule has 0 saturated heterocycles. The number of anilines is 1. The van der Waals surface area contributed by atoms with Gasteiger partial charge in [-0.2, -0.15) is 0 Å². The molecule has 1 N–H and O–H groups in total. The number of nitrogens with zero attached hydrogens (tertiary/aromatic N) is 2. The Hall–Kier alpha value is -1.56. The predicted molar refractivity (Wildman–Crippen MR) is 58.4 cm³/mol. The molecular weight excluding hydrogens is 214 g/mol. The Bertz CT molecular complexity index is 601. The lowest BCUT2D eigenvalue weighted by Gasteiger charge is -2.04. The Morgan fingerprint density at radius 2 is 2.20 bits per heavy atom. The Morgan fingerprint density at radius 1 is 1.47 bits per heavy atom. The molecule has 0 aliphatic carbocycles. The molecule has 0 spiro atoms. The van der Waals surface area contributed by atoms with Crippen molar-refractivity contribution in [3.63, 3.8) is 0 Å². The number of nitrogens with one attached hydrogen (secondary N) is 1. The summed E-state index contributed by atoms with van der Waals surface area (Å²) in [4.78, 5) is 4.23. The van der Waals surface area contributed by atoms with Crippen LogP contribution in [0.4, 0.5) is 5.69 Å². The summed E-state index contributed by atoms with van der Waals surface area (Å²) in [5.41, 5.74) is 1.95. The topological polar surface area (TPSA) is 63.5 Å². The average Bonchev–Trinajstić information content (AvgIpc) is 2.43. The molecular formula is C9H11N3O2S. The zero-order valence-electron chi connectivity index (χ0n) is 8.43. The first-order chi connectivity index (χ1) is 6.96. The maximum Gasteiger partial charge on any atom is 0.229 e. The predicted octanol–water partition coefficient (Wildman–Crippen LogP) is 1.01. The van der Waals surface area contributed by atoms with Crippen molar-refractivity contribution in [3.05, 3.63) is 30.2 Å². The van der Waals surface area contributed by atoms with Crippen LogP contribution in [0.25, 0.3) is 5.65 Å². The molecule has 0 unspecified atom stereocenters. The van der Waals surface area contributed by atoms with Gasteiger partial charge in [-0.1, -0.05) is 0 Å². The van der Waals surface area contributed by atoms with Crippen molar-refractivity contribution >= 4 is 21.4 Å². The molecule has 2 aromatic heterocycles. The fraction of sp³-hybridized carbons (Fsp3) is 0.222. The van der Waals surface area contributed by atoms with E-state index in [0.717, 1.165) is 11.9 Å². The molecule has 0 aliphatic rings. The van der Waals surface area contributed by atoms with Gasteiger partial charge in [0.2, 0.25) is 10.0 Å². The van der Waals surface area contributed by atoms with E-state index in [0.29, 0.717) is 11.3 Å². The van der Waals surface area contributed by atoms with Crippen LogP contribution >= 0.6 is 0 Å². The van der Waals surface area contributed by atoms with Gasteiger partial charge in [0.15, 0.2) is 5.65 Å². The minimum absolute atomic E-state index is 0.494. The summed E-state index contributed by atoms with van der Waals surface area (Å²) >= 11 is 0. The first-order valence-corrected chi connectivity index (χ1v) is 6.27. The van der Waals surface area contributed by atoms with Crippen molar-refractivity contribution in [1.82, 2.24) is 9.38 Å². The molecule has 0 atom stereocenters. The van der Waals surface area contributed by atoms with Gasteiger partial charge in [-0.3, -0.25) is 4.72 Å². The maximum absolute atomic E-state index is 11.1. The quantitative estimate of drug-likeness (QED) is 0.829. The van der Waals surface area contributed by atoms with Crippen LogP contribution in [0.15, 0.2) is 24.5 Å². The van der Waals surface area contributed by atoms with Gasteiger partial charge >= 0.3 is 0 Å². The highest BCUT2D eigenvalue weighted by atomic mass is 32.2. The summed E-state index contributed by atoms with van der Waals surface area (Å²) in [5.74, 6) is 0. The van der Waals surface area contributed by atoms with Crippen molar-refractivity contribution in [2.24, 2.45) is 0 Å². The van der Waals surface area contributed by atoms with Gasteiger partial charge in [0.1, 0.15) is 0 Å². The summed E-state index contributed by atoms with van der Waals surface area (Å²) in [6.07, 6.45) is 4.78. The molecule has 2 aromatic rings. The lowest BCUT2D eigenvalue weighted by Crippen LogP contribution is -2.10. The average molecular weight is 225 g/mol. The summed E-state index contributed by atoms with van der Waals surface area (Å²) in [7, 11) is -3.26. The number of pyridine rings is 1. The number of rotatable bonds is 2. The summed E-state index contributed by atoms with van der Waals surface area (Å²) in [6.45, 7) is 1.86. The molecule has 80 valence electrons. The van der Waals surface area contributed by atoms with E-state index in [-0.39, 0.29) is 0 Å². The summed E-state index contributed by atoms with van der Waals surface area (Å²) < 4.78 is 26.4. The van der Waals surface area contributed by atoms with E-state index in [1.54, 1.807) is 16.5 Å². The molecule has 0 aliphatic heterocycles. The Kier molecular flexibility index (Phi) is 2.15. The monoisotopic (exact) mass is 225 g/mol. The van der Waals surface area contributed by atoms with Crippen LogP contribution < -0.4 is 4.72 Å². The van der Waals surface area contributed by atoms with Crippen molar-refractivity contribution in [1.29, 1.82) is 0 Å². The van der Waals surface area contributed by atoms with Crippen molar-refractivity contribution in [3.8, 4) is 0 Å². The van der Waals surface area contributed by atoms with E-state index >= 15 is 0 Å². The second kappa shape index (κ2) is 3.23. The molecule has 2 heterocycles. The Balaban J connectivity index is 2.60. The molecule has 6 heteroatoms. The van der Waals surface area contributed by atoms with Gasteiger partial charge in [0.25, 0.3) is 0 Å². The van der Waals surface area contributed by atoms with Gasteiger partial charge in [0, 0.05) is 12.4 Å². The molecule has 0 aromatic carbocycles. The second-order valence-electron chi connectivity index (χ2n) is 3.41. The number of aryl methyl sites for hydroxylation is 1. The normalized spacial score (nSPS) is 11.9. The van der Waals surface area contributed by atoms with E-state index in [2.05, 4.69) is 9.71 Å².